The summed E-state index contributed by atoms with van der Waals surface area (Å²) in [5.74, 6) is 2.64. The summed E-state index contributed by atoms with van der Waals surface area (Å²) >= 11 is 0. The molecule has 0 heterocycles. The second kappa shape index (κ2) is 5.00. The quantitative estimate of drug-likeness (QED) is 0.854. The number of benzene rings is 1. The van der Waals surface area contributed by atoms with Crippen molar-refractivity contribution in [1.82, 2.24) is 5.32 Å². The van der Waals surface area contributed by atoms with Crippen LogP contribution in [-0.2, 0) is 6.54 Å². The Morgan fingerprint density at radius 1 is 1.28 bits per heavy atom. The highest BCUT2D eigenvalue weighted by molar-refractivity contribution is 5.17. The van der Waals surface area contributed by atoms with Gasteiger partial charge in [-0.25, -0.2) is 4.39 Å². The smallest absolute Gasteiger partial charge is 0.127 e. The van der Waals surface area contributed by atoms with Gasteiger partial charge in [0.25, 0.3) is 0 Å². The number of hydrogen-bond donors (Lipinski definition) is 1. The summed E-state index contributed by atoms with van der Waals surface area (Å²) in [6.45, 7) is 2.92. The third-order valence-corrected chi connectivity index (χ3v) is 5.01. The van der Waals surface area contributed by atoms with E-state index >= 15 is 0 Å². The highest BCUT2D eigenvalue weighted by Gasteiger charge is 2.41. The van der Waals surface area contributed by atoms with Crippen LogP contribution in [0.4, 0.5) is 4.39 Å². The maximum Gasteiger partial charge on any atom is 0.127 e. The largest absolute Gasteiger partial charge is 0.310 e. The monoisotopic (exact) mass is 247 g/mol. The first-order valence-corrected chi connectivity index (χ1v) is 7.21. The minimum Gasteiger partial charge on any atom is -0.310 e. The van der Waals surface area contributed by atoms with Gasteiger partial charge < -0.3 is 5.32 Å². The fourth-order valence-corrected chi connectivity index (χ4v) is 3.97. The molecule has 2 saturated carbocycles. The van der Waals surface area contributed by atoms with Gasteiger partial charge in [0.1, 0.15) is 5.82 Å². The number of nitrogens with one attached hydrogen (secondary N) is 1. The molecular formula is C16H22FN. The molecule has 1 aromatic carbocycles. The van der Waals surface area contributed by atoms with Gasteiger partial charge in [-0.05, 0) is 50.0 Å². The highest BCUT2D eigenvalue weighted by Crippen LogP contribution is 2.49. The Morgan fingerprint density at radius 3 is 2.78 bits per heavy atom. The third-order valence-electron chi connectivity index (χ3n) is 5.01. The van der Waals surface area contributed by atoms with E-state index in [4.69, 9.17) is 0 Å². The Hall–Kier alpha value is -0.890. The molecule has 1 nitrogen and oxygen atoms in total. The van der Waals surface area contributed by atoms with Crippen LogP contribution in [-0.4, -0.2) is 6.04 Å². The van der Waals surface area contributed by atoms with Gasteiger partial charge in [0.2, 0.25) is 0 Å². The van der Waals surface area contributed by atoms with E-state index in [0.717, 1.165) is 23.3 Å². The molecule has 2 heteroatoms. The summed E-state index contributed by atoms with van der Waals surface area (Å²) in [5.41, 5.74) is 0.785. The summed E-state index contributed by atoms with van der Waals surface area (Å²) in [7, 11) is 0. The van der Waals surface area contributed by atoms with E-state index < -0.39 is 0 Å². The Balaban J connectivity index is 1.56. The molecule has 1 N–H and O–H groups in total. The lowest BCUT2D eigenvalue weighted by Crippen LogP contribution is -2.36. The molecule has 2 fully saturated rings. The van der Waals surface area contributed by atoms with Gasteiger partial charge in [-0.15, -0.1) is 0 Å². The summed E-state index contributed by atoms with van der Waals surface area (Å²) in [6.07, 6.45) is 5.69. The Morgan fingerprint density at radius 2 is 2.11 bits per heavy atom. The third kappa shape index (κ3) is 2.31. The molecule has 2 bridgehead atoms. The number of fused-ring (bicyclic) bond motifs is 2. The fraction of sp³-hybridized carbons (Fsp3) is 0.625. The molecule has 0 amide bonds. The Bertz CT molecular complexity index is 417. The first-order valence-electron chi connectivity index (χ1n) is 7.21. The maximum atomic E-state index is 13.5. The molecule has 18 heavy (non-hydrogen) atoms. The molecule has 0 aliphatic heterocycles. The SMILES string of the molecule is CC(NCc1ccccc1F)C1CC2CCC1C2. The highest BCUT2D eigenvalue weighted by atomic mass is 19.1. The average molecular weight is 247 g/mol. The predicted molar refractivity (Wildman–Crippen MR) is 71.6 cm³/mol. The molecule has 2 aliphatic rings. The van der Waals surface area contributed by atoms with Gasteiger partial charge >= 0.3 is 0 Å². The van der Waals surface area contributed by atoms with Gasteiger partial charge in [-0.3, -0.25) is 0 Å². The van der Waals surface area contributed by atoms with E-state index in [0.29, 0.717) is 12.6 Å². The van der Waals surface area contributed by atoms with Gasteiger partial charge in [0, 0.05) is 18.2 Å². The Kier molecular flexibility index (Phi) is 3.38. The molecule has 4 atom stereocenters. The van der Waals surface area contributed by atoms with E-state index in [-0.39, 0.29) is 5.82 Å². The van der Waals surface area contributed by atoms with Gasteiger partial charge in [0.05, 0.1) is 0 Å². The molecule has 0 spiro atoms. The molecule has 4 unspecified atom stereocenters. The lowest BCUT2D eigenvalue weighted by molar-refractivity contribution is 0.259. The topological polar surface area (TPSA) is 12.0 Å². The summed E-state index contributed by atoms with van der Waals surface area (Å²) in [5, 5.41) is 3.53. The Labute approximate surface area is 109 Å². The average Bonchev–Trinajstić information content (AvgIpc) is 2.99. The van der Waals surface area contributed by atoms with Crippen molar-refractivity contribution in [2.45, 2.75) is 45.2 Å². The summed E-state index contributed by atoms with van der Waals surface area (Å²) in [6, 6.07) is 7.58. The lowest BCUT2D eigenvalue weighted by Gasteiger charge is -2.28. The van der Waals surface area contributed by atoms with E-state index in [1.54, 1.807) is 12.1 Å². The molecule has 0 saturated heterocycles. The van der Waals surface area contributed by atoms with Crippen LogP contribution in [0, 0.1) is 23.6 Å². The molecule has 1 aromatic rings. The molecule has 0 radical (unpaired) electrons. The zero-order chi connectivity index (χ0) is 12.5. The van der Waals surface area contributed by atoms with Crippen LogP contribution in [0.25, 0.3) is 0 Å². The van der Waals surface area contributed by atoms with E-state index in [9.17, 15) is 4.39 Å². The predicted octanol–water partition coefficient (Wildman–Crippen LogP) is 3.74. The van der Waals surface area contributed by atoms with Gasteiger partial charge in [-0.2, -0.15) is 0 Å². The second-order valence-electron chi connectivity index (χ2n) is 6.10. The van der Waals surface area contributed by atoms with Crippen LogP contribution >= 0.6 is 0 Å². The van der Waals surface area contributed by atoms with Crippen molar-refractivity contribution in [2.75, 3.05) is 0 Å². The van der Waals surface area contributed by atoms with Crippen molar-refractivity contribution in [1.29, 1.82) is 0 Å². The fourth-order valence-electron chi connectivity index (χ4n) is 3.97. The van der Waals surface area contributed by atoms with Crippen molar-refractivity contribution in [3.8, 4) is 0 Å². The first kappa shape index (κ1) is 12.2. The van der Waals surface area contributed by atoms with E-state index in [2.05, 4.69) is 12.2 Å². The maximum absolute atomic E-state index is 13.5. The number of halogens is 1. The van der Waals surface area contributed by atoms with Crippen molar-refractivity contribution in [3.63, 3.8) is 0 Å². The van der Waals surface area contributed by atoms with Crippen molar-refractivity contribution in [2.24, 2.45) is 17.8 Å². The van der Waals surface area contributed by atoms with Gasteiger partial charge in [-0.1, -0.05) is 24.6 Å². The summed E-state index contributed by atoms with van der Waals surface area (Å²) < 4.78 is 13.5. The summed E-state index contributed by atoms with van der Waals surface area (Å²) in [4.78, 5) is 0. The second-order valence-corrected chi connectivity index (χ2v) is 6.10. The molecule has 98 valence electrons. The lowest BCUT2D eigenvalue weighted by atomic mass is 9.84. The zero-order valence-electron chi connectivity index (χ0n) is 11.0. The minimum atomic E-state index is -0.0925. The minimum absolute atomic E-state index is 0.0925. The van der Waals surface area contributed by atoms with Crippen molar-refractivity contribution >= 4 is 0 Å². The van der Waals surface area contributed by atoms with E-state index in [1.807, 2.05) is 12.1 Å². The molecular weight excluding hydrogens is 225 g/mol. The van der Waals surface area contributed by atoms with Crippen LogP contribution < -0.4 is 5.32 Å². The molecule has 0 aromatic heterocycles. The number of rotatable bonds is 4. The van der Waals surface area contributed by atoms with Crippen LogP contribution in [0.15, 0.2) is 24.3 Å². The van der Waals surface area contributed by atoms with Crippen LogP contribution in [0.2, 0.25) is 0 Å². The molecule has 3 rings (SSSR count). The van der Waals surface area contributed by atoms with Crippen molar-refractivity contribution < 1.29 is 4.39 Å². The van der Waals surface area contributed by atoms with E-state index in [1.165, 1.54) is 25.7 Å². The zero-order valence-corrected chi connectivity index (χ0v) is 11.0. The van der Waals surface area contributed by atoms with Crippen LogP contribution in [0.5, 0.6) is 0 Å². The standard InChI is InChI=1S/C16H22FN/c1-11(15-9-12-6-7-13(15)8-12)18-10-14-4-2-3-5-16(14)17/h2-5,11-13,15,18H,6-10H2,1H3. The normalized spacial score (nSPS) is 31.8. The molecule has 2 aliphatic carbocycles. The number of hydrogen-bond acceptors (Lipinski definition) is 1. The van der Waals surface area contributed by atoms with Crippen LogP contribution in [0.3, 0.4) is 0 Å². The van der Waals surface area contributed by atoms with Crippen LogP contribution in [0.1, 0.15) is 38.2 Å². The van der Waals surface area contributed by atoms with Crippen molar-refractivity contribution in [3.05, 3.63) is 35.6 Å². The van der Waals surface area contributed by atoms with Gasteiger partial charge in [0.15, 0.2) is 0 Å². The first-order chi connectivity index (χ1) is 8.74.